The third-order valence-electron chi connectivity index (χ3n) is 5.23. The maximum absolute atomic E-state index is 13.3. The van der Waals surface area contributed by atoms with Crippen molar-refractivity contribution in [2.24, 2.45) is 0 Å². The van der Waals surface area contributed by atoms with Crippen molar-refractivity contribution in [1.29, 1.82) is 0 Å². The van der Waals surface area contributed by atoms with Crippen LogP contribution in [0.25, 0.3) is 22.5 Å². The van der Waals surface area contributed by atoms with Crippen LogP contribution in [0, 0.1) is 0 Å². The first kappa shape index (κ1) is 20.6. The fourth-order valence-electron chi connectivity index (χ4n) is 3.71. The van der Waals surface area contributed by atoms with Crippen LogP contribution in [0.5, 0.6) is 0 Å². The SMILES string of the molecule is FC(F)(F)c1cccc(-c2c(-c3ccncc3)ncn2CCCN2CCOCC2)c1. The van der Waals surface area contributed by atoms with Crippen molar-refractivity contribution in [1.82, 2.24) is 19.4 Å². The number of hydrogen-bond donors (Lipinski definition) is 0. The Morgan fingerprint density at radius 1 is 0.967 bits per heavy atom. The number of nitrogens with zero attached hydrogens (tertiary/aromatic N) is 4. The molecule has 5 nitrogen and oxygen atoms in total. The van der Waals surface area contributed by atoms with Crippen LogP contribution in [0.2, 0.25) is 0 Å². The molecule has 3 aromatic rings. The van der Waals surface area contributed by atoms with Gasteiger partial charge >= 0.3 is 6.18 Å². The summed E-state index contributed by atoms with van der Waals surface area (Å²) in [6, 6.07) is 9.07. The van der Waals surface area contributed by atoms with Crippen molar-refractivity contribution in [3.63, 3.8) is 0 Å². The van der Waals surface area contributed by atoms with Crippen LogP contribution in [0.15, 0.2) is 55.1 Å². The molecule has 0 spiro atoms. The zero-order valence-corrected chi connectivity index (χ0v) is 16.5. The average Bonchev–Trinajstić information content (AvgIpc) is 3.18. The molecular weight excluding hydrogens is 393 g/mol. The Bertz CT molecular complexity index is 966. The zero-order chi connectivity index (χ0) is 21.0. The fourth-order valence-corrected chi connectivity index (χ4v) is 3.71. The summed E-state index contributed by atoms with van der Waals surface area (Å²) in [6.45, 7) is 4.88. The zero-order valence-electron chi connectivity index (χ0n) is 16.5. The van der Waals surface area contributed by atoms with E-state index < -0.39 is 11.7 Å². The summed E-state index contributed by atoms with van der Waals surface area (Å²) in [5.74, 6) is 0. The van der Waals surface area contributed by atoms with Gasteiger partial charge in [0.15, 0.2) is 0 Å². The molecule has 4 rings (SSSR count). The second-order valence-corrected chi connectivity index (χ2v) is 7.26. The highest BCUT2D eigenvalue weighted by molar-refractivity contribution is 5.78. The number of aryl methyl sites for hydroxylation is 1. The van der Waals surface area contributed by atoms with E-state index in [0.717, 1.165) is 50.9 Å². The molecular formula is C22H23F3N4O. The van der Waals surface area contributed by atoms with E-state index in [4.69, 9.17) is 4.74 Å². The summed E-state index contributed by atoms with van der Waals surface area (Å²) in [5.41, 5.74) is 2.00. The Morgan fingerprint density at radius 3 is 2.47 bits per heavy atom. The Kier molecular flexibility index (Phi) is 6.15. The fraction of sp³-hybridized carbons (Fsp3) is 0.364. The molecule has 1 saturated heterocycles. The van der Waals surface area contributed by atoms with Gasteiger partial charge < -0.3 is 9.30 Å². The molecule has 1 fully saturated rings. The molecule has 0 atom stereocenters. The molecule has 158 valence electrons. The van der Waals surface area contributed by atoms with Crippen LogP contribution >= 0.6 is 0 Å². The van der Waals surface area contributed by atoms with Gasteiger partial charge in [0, 0.05) is 49.7 Å². The topological polar surface area (TPSA) is 43.2 Å². The van der Waals surface area contributed by atoms with Gasteiger partial charge in [-0.05, 0) is 30.7 Å². The molecule has 0 N–H and O–H groups in total. The minimum Gasteiger partial charge on any atom is -0.379 e. The van der Waals surface area contributed by atoms with Crippen LogP contribution in [-0.4, -0.2) is 52.3 Å². The molecule has 1 aliphatic rings. The van der Waals surface area contributed by atoms with Crippen molar-refractivity contribution in [2.45, 2.75) is 19.1 Å². The van der Waals surface area contributed by atoms with Gasteiger partial charge in [-0.1, -0.05) is 12.1 Å². The van der Waals surface area contributed by atoms with Crippen LogP contribution < -0.4 is 0 Å². The van der Waals surface area contributed by atoms with Gasteiger partial charge in [-0.25, -0.2) is 4.98 Å². The predicted octanol–water partition coefficient (Wildman–Crippen LogP) is 4.35. The highest BCUT2D eigenvalue weighted by Crippen LogP contribution is 2.35. The van der Waals surface area contributed by atoms with Crippen molar-refractivity contribution >= 4 is 0 Å². The lowest BCUT2D eigenvalue weighted by Gasteiger charge is -2.26. The standard InChI is InChI=1S/C22H23F3N4O/c23-22(24,25)19-4-1-3-18(15-19)21-20(17-5-7-26-8-6-17)27-16-29(21)10-2-9-28-11-13-30-14-12-28/h1,3-8,15-16H,2,9-14H2. The van der Waals surface area contributed by atoms with Crippen molar-refractivity contribution in [3.8, 4) is 22.5 Å². The summed E-state index contributed by atoms with van der Waals surface area (Å²) in [6.07, 6.45) is 1.50. The lowest BCUT2D eigenvalue weighted by Crippen LogP contribution is -2.37. The highest BCUT2D eigenvalue weighted by Gasteiger charge is 2.31. The first-order valence-electron chi connectivity index (χ1n) is 9.95. The minimum atomic E-state index is -4.39. The smallest absolute Gasteiger partial charge is 0.379 e. The number of alkyl halides is 3. The Balaban J connectivity index is 1.65. The molecule has 30 heavy (non-hydrogen) atoms. The Morgan fingerprint density at radius 2 is 1.73 bits per heavy atom. The summed E-state index contributed by atoms with van der Waals surface area (Å²) >= 11 is 0. The third kappa shape index (κ3) is 4.71. The van der Waals surface area contributed by atoms with Gasteiger partial charge in [-0.3, -0.25) is 9.88 Å². The number of ether oxygens (including phenoxy) is 1. The van der Waals surface area contributed by atoms with Crippen molar-refractivity contribution in [2.75, 3.05) is 32.8 Å². The van der Waals surface area contributed by atoms with Crippen LogP contribution in [0.1, 0.15) is 12.0 Å². The number of benzene rings is 1. The van der Waals surface area contributed by atoms with Gasteiger partial charge in [0.2, 0.25) is 0 Å². The molecule has 2 aromatic heterocycles. The van der Waals surface area contributed by atoms with Gasteiger partial charge in [0.25, 0.3) is 0 Å². The van der Waals surface area contributed by atoms with E-state index in [-0.39, 0.29) is 0 Å². The number of rotatable bonds is 6. The highest BCUT2D eigenvalue weighted by atomic mass is 19.4. The molecule has 0 saturated carbocycles. The molecule has 0 bridgehead atoms. The van der Waals surface area contributed by atoms with Gasteiger partial charge in [-0.2, -0.15) is 13.2 Å². The van der Waals surface area contributed by atoms with Crippen LogP contribution in [0.3, 0.4) is 0 Å². The average molecular weight is 416 g/mol. The van der Waals surface area contributed by atoms with E-state index in [1.54, 1.807) is 24.8 Å². The van der Waals surface area contributed by atoms with Crippen molar-refractivity contribution in [3.05, 3.63) is 60.7 Å². The van der Waals surface area contributed by atoms with Crippen LogP contribution in [0.4, 0.5) is 13.2 Å². The number of imidazole rings is 1. The van der Waals surface area contributed by atoms with Crippen LogP contribution in [-0.2, 0) is 17.5 Å². The summed E-state index contributed by atoms with van der Waals surface area (Å²) in [7, 11) is 0. The molecule has 1 aliphatic heterocycles. The lowest BCUT2D eigenvalue weighted by atomic mass is 10.0. The second kappa shape index (κ2) is 8.97. The first-order valence-corrected chi connectivity index (χ1v) is 9.95. The first-order chi connectivity index (χ1) is 14.5. The monoisotopic (exact) mass is 416 g/mol. The van der Waals surface area contributed by atoms with E-state index in [0.29, 0.717) is 23.5 Å². The molecule has 8 heteroatoms. The molecule has 0 aliphatic carbocycles. The van der Waals surface area contributed by atoms with Crippen molar-refractivity contribution < 1.29 is 17.9 Å². The van der Waals surface area contributed by atoms with Gasteiger partial charge in [0.05, 0.1) is 36.5 Å². The number of hydrogen-bond acceptors (Lipinski definition) is 4. The molecule has 0 unspecified atom stereocenters. The Hall–Kier alpha value is -2.71. The van der Waals surface area contributed by atoms with E-state index in [1.165, 1.54) is 12.1 Å². The number of morpholine rings is 1. The number of pyridine rings is 1. The van der Waals surface area contributed by atoms with Gasteiger partial charge in [0.1, 0.15) is 0 Å². The molecule has 0 radical (unpaired) electrons. The minimum absolute atomic E-state index is 0.500. The van der Waals surface area contributed by atoms with Gasteiger partial charge in [-0.15, -0.1) is 0 Å². The molecule has 0 amide bonds. The summed E-state index contributed by atoms with van der Waals surface area (Å²) < 4.78 is 47.2. The van der Waals surface area contributed by atoms with E-state index in [9.17, 15) is 13.2 Å². The second-order valence-electron chi connectivity index (χ2n) is 7.26. The predicted molar refractivity (Wildman–Crippen MR) is 108 cm³/mol. The quantitative estimate of drug-likeness (QED) is 0.599. The Labute approximate surface area is 173 Å². The number of aromatic nitrogens is 3. The largest absolute Gasteiger partial charge is 0.416 e. The maximum atomic E-state index is 13.3. The van der Waals surface area contributed by atoms with E-state index in [1.807, 2.05) is 16.7 Å². The van der Waals surface area contributed by atoms with E-state index >= 15 is 0 Å². The normalized spacial score (nSPS) is 15.4. The maximum Gasteiger partial charge on any atom is 0.416 e. The third-order valence-corrected chi connectivity index (χ3v) is 5.23. The lowest BCUT2D eigenvalue weighted by molar-refractivity contribution is -0.137. The summed E-state index contributed by atoms with van der Waals surface area (Å²) in [5, 5.41) is 0. The number of halogens is 3. The molecule has 3 heterocycles. The van der Waals surface area contributed by atoms with E-state index in [2.05, 4.69) is 14.9 Å². The molecule has 1 aromatic carbocycles. The summed E-state index contributed by atoms with van der Waals surface area (Å²) in [4.78, 5) is 10.9.